The van der Waals surface area contributed by atoms with Gasteiger partial charge in [0, 0.05) is 5.41 Å². The van der Waals surface area contributed by atoms with Gasteiger partial charge in [0.15, 0.2) is 0 Å². The van der Waals surface area contributed by atoms with Crippen molar-refractivity contribution in [2.45, 2.75) is 20.8 Å². The number of carbonyl (C=O) groups is 1. The van der Waals surface area contributed by atoms with Crippen LogP contribution in [0.2, 0.25) is 0 Å². The highest BCUT2D eigenvalue weighted by Gasteiger charge is 2.24. The van der Waals surface area contributed by atoms with E-state index in [4.69, 9.17) is 13.9 Å². The first-order chi connectivity index (χ1) is 8.47. The van der Waals surface area contributed by atoms with Gasteiger partial charge in [-0.25, -0.2) is 0 Å². The van der Waals surface area contributed by atoms with E-state index in [2.05, 4.69) is 15.5 Å². The van der Waals surface area contributed by atoms with Crippen LogP contribution in [0.1, 0.15) is 26.7 Å². The van der Waals surface area contributed by atoms with Crippen LogP contribution in [-0.2, 0) is 14.3 Å². The van der Waals surface area contributed by atoms with E-state index in [1.54, 1.807) is 20.8 Å². The summed E-state index contributed by atoms with van der Waals surface area (Å²) in [5, 5.41) is 10.0. The van der Waals surface area contributed by atoms with Gasteiger partial charge >= 0.3 is 6.01 Å². The molecule has 0 aliphatic carbocycles. The zero-order chi connectivity index (χ0) is 13.2. The minimum Gasteiger partial charge on any atom is -0.494 e. The van der Waals surface area contributed by atoms with Crippen LogP contribution >= 0.6 is 0 Å². The standard InChI is InChI=1S/C11H15N3O4/c1-11(2,3)9(15)12-10-14-13-8(18-10)7-6-16-4-5-17-7/h6H,4-5H2,1-3H3,(H,12,14,15). The van der Waals surface area contributed by atoms with Gasteiger partial charge in [-0.2, -0.15) is 0 Å². The molecule has 2 rings (SSSR count). The normalized spacial score (nSPS) is 15.4. The Kier molecular flexibility index (Phi) is 3.22. The summed E-state index contributed by atoms with van der Waals surface area (Å²) < 4.78 is 15.6. The molecule has 1 amide bonds. The largest absolute Gasteiger partial charge is 0.494 e. The molecule has 1 aliphatic rings. The third kappa shape index (κ3) is 2.79. The van der Waals surface area contributed by atoms with Crippen LogP contribution < -0.4 is 5.32 Å². The van der Waals surface area contributed by atoms with Gasteiger partial charge in [-0.05, 0) is 0 Å². The number of rotatable bonds is 2. The minimum atomic E-state index is -0.529. The smallest absolute Gasteiger partial charge is 0.322 e. The van der Waals surface area contributed by atoms with Crippen LogP contribution in [0.3, 0.4) is 0 Å². The Hall–Kier alpha value is -2.05. The first-order valence-corrected chi connectivity index (χ1v) is 5.57. The summed E-state index contributed by atoms with van der Waals surface area (Å²) in [4.78, 5) is 11.7. The molecular weight excluding hydrogens is 238 g/mol. The van der Waals surface area contributed by atoms with E-state index in [1.165, 1.54) is 6.26 Å². The van der Waals surface area contributed by atoms with Crippen LogP contribution in [-0.4, -0.2) is 29.3 Å². The third-order valence-electron chi connectivity index (χ3n) is 2.19. The van der Waals surface area contributed by atoms with Gasteiger partial charge in [-0.1, -0.05) is 25.9 Å². The molecule has 0 radical (unpaired) electrons. The Labute approximate surface area is 104 Å². The molecule has 0 saturated carbocycles. The molecule has 18 heavy (non-hydrogen) atoms. The number of ether oxygens (including phenoxy) is 2. The van der Waals surface area contributed by atoms with Gasteiger partial charge in [-0.3, -0.25) is 10.1 Å². The summed E-state index contributed by atoms with van der Waals surface area (Å²) in [5.74, 6) is 0.344. The molecular formula is C11H15N3O4. The summed E-state index contributed by atoms with van der Waals surface area (Å²) >= 11 is 0. The number of hydrogen-bond acceptors (Lipinski definition) is 6. The van der Waals surface area contributed by atoms with E-state index in [0.717, 1.165) is 0 Å². The van der Waals surface area contributed by atoms with Crippen molar-refractivity contribution in [2.24, 2.45) is 5.41 Å². The summed E-state index contributed by atoms with van der Waals surface area (Å²) in [5.41, 5.74) is -0.529. The average molecular weight is 253 g/mol. The van der Waals surface area contributed by atoms with Crippen LogP contribution in [0.5, 0.6) is 0 Å². The van der Waals surface area contributed by atoms with Crippen molar-refractivity contribution in [2.75, 3.05) is 18.5 Å². The zero-order valence-electron chi connectivity index (χ0n) is 10.5. The number of nitrogens with zero attached hydrogens (tertiary/aromatic N) is 2. The molecule has 0 aromatic carbocycles. The lowest BCUT2D eigenvalue weighted by atomic mass is 9.96. The highest BCUT2D eigenvalue weighted by molar-refractivity contribution is 5.92. The lowest BCUT2D eigenvalue weighted by Crippen LogP contribution is -2.27. The molecule has 2 heterocycles. The van der Waals surface area contributed by atoms with Gasteiger partial charge < -0.3 is 13.9 Å². The number of hydrogen-bond donors (Lipinski definition) is 1. The summed E-state index contributed by atoms with van der Waals surface area (Å²) in [6, 6.07) is 0.0417. The highest BCUT2D eigenvalue weighted by Crippen LogP contribution is 2.21. The van der Waals surface area contributed by atoms with E-state index < -0.39 is 5.41 Å². The molecule has 7 nitrogen and oxygen atoms in total. The Bertz CT molecular complexity index is 473. The van der Waals surface area contributed by atoms with E-state index >= 15 is 0 Å². The second-order valence-corrected chi connectivity index (χ2v) is 4.82. The number of aromatic nitrogens is 2. The van der Waals surface area contributed by atoms with Gasteiger partial charge in [0.2, 0.25) is 11.7 Å². The lowest BCUT2D eigenvalue weighted by Gasteiger charge is -2.15. The zero-order valence-corrected chi connectivity index (χ0v) is 10.5. The fourth-order valence-electron chi connectivity index (χ4n) is 1.14. The van der Waals surface area contributed by atoms with Gasteiger partial charge in [0.25, 0.3) is 5.89 Å². The molecule has 0 unspecified atom stereocenters. The van der Waals surface area contributed by atoms with Gasteiger partial charge in [0.1, 0.15) is 19.5 Å². The van der Waals surface area contributed by atoms with Gasteiger partial charge in [-0.15, -0.1) is 5.10 Å². The Morgan fingerprint density at radius 3 is 2.72 bits per heavy atom. The van der Waals surface area contributed by atoms with Crippen molar-refractivity contribution in [3.8, 4) is 0 Å². The van der Waals surface area contributed by atoms with Crippen molar-refractivity contribution >= 4 is 17.7 Å². The molecule has 7 heteroatoms. The molecule has 0 atom stereocenters. The second kappa shape index (κ2) is 4.67. The van der Waals surface area contributed by atoms with Gasteiger partial charge in [0.05, 0.1) is 0 Å². The molecule has 0 bridgehead atoms. The van der Waals surface area contributed by atoms with E-state index in [0.29, 0.717) is 19.0 Å². The minimum absolute atomic E-state index is 0.0417. The molecule has 1 aromatic heterocycles. The summed E-state index contributed by atoms with van der Waals surface area (Å²) in [6.45, 7) is 6.30. The fraction of sp³-hybridized carbons (Fsp3) is 0.545. The van der Waals surface area contributed by atoms with E-state index in [1.807, 2.05) is 0 Å². The highest BCUT2D eigenvalue weighted by atomic mass is 16.6. The van der Waals surface area contributed by atoms with Crippen LogP contribution in [0, 0.1) is 5.41 Å². The first kappa shape index (κ1) is 12.4. The monoisotopic (exact) mass is 253 g/mol. The maximum atomic E-state index is 11.7. The van der Waals surface area contributed by atoms with Crippen LogP contribution in [0.25, 0.3) is 5.76 Å². The topological polar surface area (TPSA) is 86.5 Å². The summed E-state index contributed by atoms with van der Waals surface area (Å²) in [6.07, 6.45) is 1.41. The first-order valence-electron chi connectivity index (χ1n) is 5.57. The second-order valence-electron chi connectivity index (χ2n) is 4.82. The Balaban J connectivity index is 2.07. The van der Waals surface area contributed by atoms with Crippen molar-refractivity contribution in [1.29, 1.82) is 0 Å². The Morgan fingerprint density at radius 2 is 2.11 bits per heavy atom. The van der Waals surface area contributed by atoms with E-state index in [9.17, 15) is 4.79 Å². The molecule has 1 aliphatic heterocycles. The maximum absolute atomic E-state index is 11.7. The maximum Gasteiger partial charge on any atom is 0.322 e. The predicted octanol–water partition coefficient (Wildman–Crippen LogP) is 1.40. The quantitative estimate of drug-likeness (QED) is 0.857. The van der Waals surface area contributed by atoms with Crippen molar-refractivity contribution in [1.82, 2.24) is 10.2 Å². The predicted molar refractivity (Wildman–Crippen MR) is 62.3 cm³/mol. The molecule has 0 fully saturated rings. The van der Waals surface area contributed by atoms with Crippen molar-refractivity contribution in [3.05, 3.63) is 12.2 Å². The third-order valence-corrected chi connectivity index (χ3v) is 2.19. The molecule has 0 spiro atoms. The molecule has 98 valence electrons. The van der Waals surface area contributed by atoms with Crippen molar-refractivity contribution < 1.29 is 18.7 Å². The number of amides is 1. The number of nitrogens with one attached hydrogen (secondary N) is 1. The number of carbonyl (C=O) groups excluding carboxylic acids is 1. The average Bonchev–Trinajstić information content (AvgIpc) is 2.77. The molecule has 1 N–H and O–H groups in total. The molecule has 1 aromatic rings. The molecule has 0 saturated heterocycles. The lowest BCUT2D eigenvalue weighted by molar-refractivity contribution is -0.123. The van der Waals surface area contributed by atoms with Crippen molar-refractivity contribution in [3.63, 3.8) is 0 Å². The fourth-order valence-corrected chi connectivity index (χ4v) is 1.14. The number of anilines is 1. The van der Waals surface area contributed by atoms with E-state index in [-0.39, 0.29) is 17.8 Å². The SMILES string of the molecule is CC(C)(C)C(=O)Nc1nnc(C2=COCCO2)o1. The van der Waals surface area contributed by atoms with Crippen LogP contribution in [0.15, 0.2) is 10.7 Å². The summed E-state index contributed by atoms with van der Waals surface area (Å²) in [7, 11) is 0. The van der Waals surface area contributed by atoms with Crippen LogP contribution in [0.4, 0.5) is 6.01 Å². The Morgan fingerprint density at radius 1 is 1.33 bits per heavy atom.